The van der Waals surface area contributed by atoms with E-state index in [1.54, 1.807) is 18.3 Å². The second-order valence-electron chi connectivity index (χ2n) is 3.77. The maximum Gasteiger partial charge on any atom is 0.242 e. The van der Waals surface area contributed by atoms with Gasteiger partial charge in [0.2, 0.25) is 5.91 Å². The Bertz CT molecular complexity index is 400. The largest absolute Gasteiger partial charge is 0.273 e. The molecule has 1 aliphatic heterocycles. The first-order valence-corrected chi connectivity index (χ1v) is 5.73. The molecule has 0 bridgehead atoms. The van der Waals surface area contributed by atoms with Crippen molar-refractivity contribution in [3.63, 3.8) is 0 Å². The normalized spacial score (nSPS) is 17.1. The van der Waals surface area contributed by atoms with Crippen LogP contribution in [-0.2, 0) is 4.79 Å². The number of piperidine rings is 1. The first-order chi connectivity index (χ1) is 7.75. The molecule has 0 atom stereocenters. The molecular formula is C12H13ClN2O. The molecular weight excluding hydrogens is 224 g/mol. The molecule has 0 aliphatic carbocycles. The summed E-state index contributed by atoms with van der Waals surface area (Å²) in [5.74, 6) is 0.108. The number of hydrazone groups is 1. The first-order valence-electron chi connectivity index (χ1n) is 5.35. The van der Waals surface area contributed by atoms with Gasteiger partial charge in [0.25, 0.3) is 0 Å². The molecule has 0 aromatic heterocycles. The Labute approximate surface area is 99.7 Å². The molecule has 2 rings (SSSR count). The lowest BCUT2D eigenvalue weighted by molar-refractivity contribution is -0.133. The highest BCUT2D eigenvalue weighted by molar-refractivity contribution is 6.30. The molecule has 84 valence electrons. The molecule has 1 aromatic carbocycles. The van der Waals surface area contributed by atoms with Crippen molar-refractivity contribution in [3.8, 4) is 0 Å². The number of carbonyl (C=O) groups is 1. The average molecular weight is 237 g/mol. The summed E-state index contributed by atoms with van der Waals surface area (Å²) in [7, 11) is 0. The van der Waals surface area contributed by atoms with Gasteiger partial charge in [0.1, 0.15) is 0 Å². The van der Waals surface area contributed by atoms with E-state index < -0.39 is 0 Å². The van der Waals surface area contributed by atoms with E-state index in [0.29, 0.717) is 11.4 Å². The van der Waals surface area contributed by atoms with Crippen molar-refractivity contribution < 1.29 is 4.79 Å². The summed E-state index contributed by atoms with van der Waals surface area (Å²) in [5, 5.41) is 6.42. The maximum atomic E-state index is 11.5. The van der Waals surface area contributed by atoms with E-state index in [1.165, 1.54) is 5.01 Å². The molecule has 0 N–H and O–H groups in total. The third kappa shape index (κ3) is 2.83. The number of halogens is 1. The van der Waals surface area contributed by atoms with Crippen LogP contribution in [0.2, 0.25) is 5.02 Å². The Hall–Kier alpha value is -1.35. The predicted molar refractivity (Wildman–Crippen MR) is 64.6 cm³/mol. The number of benzene rings is 1. The molecule has 1 amide bonds. The summed E-state index contributed by atoms with van der Waals surface area (Å²) in [4.78, 5) is 11.5. The topological polar surface area (TPSA) is 32.7 Å². The minimum absolute atomic E-state index is 0.108. The molecule has 0 saturated carbocycles. The van der Waals surface area contributed by atoms with Crippen LogP contribution < -0.4 is 0 Å². The van der Waals surface area contributed by atoms with Crippen molar-refractivity contribution in [1.29, 1.82) is 0 Å². The number of nitrogens with zero attached hydrogens (tertiary/aromatic N) is 2. The van der Waals surface area contributed by atoms with Gasteiger partial charge in [0.15, 0.2) is 0 Å². The number of rotatable bonds is 2. The fourth-order valence-electron chi connectivity index (χ4n) is 1.60. The lowest BCUT2D eigenvalue weighted by Gasteiger charge is -2.21. The molecule has 1 aromatic rings. The van der Waals surface area contributed by atoms with Gasteiger partial charge in [0, 0.05) is 18.0 Å². The van der Waals surface area contributed by atoms with Crippen LogP contribution in [0, 0.1) is 0 Å². The van der Waals surface area contributed by atoms with Crippen molar-refractivity contribution in [2.24, 2.45) is 5.10 Å². The number of carbonyl (C=O) groups excluding carboxylic acids is 1. The van der Waals surface area contributed by atoms with Gasteiger partial charge in [-0.1, -0.05) is 23.7 Å². The molecule has 1 fully saturated rings. The third-order valence-corrected chi connectivity index (χ3v) is 2.77. The lowest BCUT2D eigenvalue weighted by atomic mass is 10.1. The van der Waals surface area contributed by atoms with E-state index in [1.807, 2.05) is 12.1 Å². The smallest absolute Gasteiger partial charge is 0.242 e. The van der Waals surface area contributed by atoms with Crippen molar-refractivity contribution in [2.75, 3.05) is 6.54 Å². The van der Waals surface area contributed by atoms with Crippen LogP contribution >= 0.6 is 11.6 Å². The molecule has 0 unspecified atom stereocenters. The quantitative estimate of drug-likeness (QED) is 0.727. The lowest BCUT2D eigenvalue weighted by Crippen LogP contribution is -2.30. The van der Waals surface area contributed by atoms with Crippen molar-refractivity contribution >= 4 is 23.7 Å². The van der Waals surface area contributed by atoms with Gasteiger partial charge in [-0.3, -0.25) is 4.79 Å². The van der Waals surface area contributed by atoms with Crippen LogP contribution in [0.25, 0.3) is 0 Å². The van der Waals surface area contributed by atoms with E-state index in [9.17, 15) is 4.79 Å². The summed E-state index contributed by atoms with van der Waals surface area (Å²) >= 11 is 5.77. The number of hydrogen-bond acceptors (Lipinski definition) is 2. The van der Waals surface area contributed by atoms with Crippen LogP contribution in [0.15, 0.2) is 29.4 Å². The van der Waals surface area contributed by atoms with Crippen LogP contribution in [0.3, 0.4) is 0 Å². The van der Waals surface area contributed by atoms with E-state index in [-0.39, 0.29) is 5.91 Å². The van der Waals surface area contributed by atoms with Crippen LogP contribution in [0.5, 0.6) is 0 Å². The highest BCUT2D eigenvalue weighted by Gasteiger charge is 2.16. The number of amides is 1. The van der Waals surface area contributed by atoms with E-state index >= 15 is 0 Å². The van der Waals surface area contributed by atoms with E-state index in [2.05, 4.69) is 5.10 Å². The standard InChI is InChI=1S/C12H13ClN2O/c13-11-6-4-10(5-7-11)9-14-15-8-2-1-3-12(15)16/h4-7,9H,1-3,8H2/b14-9+. The van der Waals surface area contributed by atoms with Crippen LogP contribution in [0.1, 0.15) is 24.8 Å². The molecule has 0 spiro atoms. The van der Waals surface area contributed by atoms with Gasteiger partial charge >= 0.3 is 0 Å². The van der Waals surface area contributed by atoms with E-state index in [0.717, 1.165) is 24.9 Å². The third-order valence-electron chi connectivity index (χ3n) is 2.51. The van der Waals surface area contributed by atoms with Gasteiger partial charge in [0.05, 0.1) is 6.21 Å². The van der Waals surface area contributed by atoms with E-state index in [4.69, 9.17) is 11.6 Å². The minimum Gasteiger partial charge on any atom is -0.273 e. The molecule has 0 radical (unpaired) electrons. The minimum atomic E-state index is 0.108. The second kappa shape index (κ2) is 5.12. The molecule has 3 nitrogen and oxygen atoms in total. The summed E-state index contributed by atoms with van der Waals surface area (Å²) < 4.78 is 0. The Morgan fingerprint density at radius 2 is 2.00 bits per heavy atom. The highest BCUT2D eigenvalue weighted by atomic mass is 35.5. The Morgan fingerprint density at radius 1 is 1.25 bits per heavy atom. The Kier molecular flexibility index (Phi) is 3.57. The van der Waals surface area contributed by atoms with Gasteiger partial charge in [-0.2, -0.15) is 5.10 Å². The fourth-order valence-corrected chi connectivity index (χ4v) is 1.72. The summed E-state index contributed by atoms with van der Waals surface area (Å²) in [5.41, 5.74) is 0.947. The fraction of sp³-hybridized carbons (Fsp3) is 0.333. The summed E-state index contributed by atoms with van der Waals surface area (Å²) in [6.45, 7) is 0.725. The van der Waals surface area contributed by atoms with Crippen molar-refractivity contribution in [2.45, 2.75) is 19.3 Å². The molecule has 1 aliphatic rings. The SMILES string of the molecule is O=C1CCCCN1/N=C/c1ccc(Cl)cc1. The first kappa shape index (κ1) is 11.1. The Balaban J connectivity index is 2.02. The number of hydrogen-bond donors (Lipinski definition) is 0. The monoisotopic (exact) mass is 236 g/mol. The summed E-state index contributed by atoms with van der Waals surface area (Å²) in [6.07, 6.45) is 4.31. The molecule has 16 heavy (non-hydrogen) atoms. The van der Waals surface area contributed by atoms with Crippen molar-refractivity contribution in [1.82, 2.24) is 5.01 Å². The zero-order valence-electron chi connectivity index (χ0n) is 8.90. The maximum absolute atomic E-state index is 11.5. The Morgan fingerprint density at radius 3 is 2.69 bits per heavy atom. The van der Waals surface area contributed by atoms with Gasteiger partial charge in [-0.25, -0.2) is 5.01 Å². The van der Waals surface area contributed by atoms with Crippen LogP contribution in [0.4, 0.5) is 0 Å². The van der Waals surface area contributed by atoms with Gasteiger partial charge < -0.3 is 0 Å². The zero-order chi connectivity index (χ0) is 11.4. The second-order valence-corrected chi connectivity index (χ2v) is 4.21. The average Bonchev–Trinajstić information content (AvgIpc) is 2.30. The van der Waals surface area contributed by atoms with Crippen molar-refractivity contribution in [3.05, 3.63) is 34.9 Å². The van der Waals surface area contributed by atoms with Gasteiger partial charge in [-0.15, -0.1) is 0 Å². The van der Waals surface area contributed by atoms with Gasteiger partial charge in [-0.05, 0) is 30.5 Å². The summed E-state index contributed by atoms with van der Waals surface area (Å²) in [6, 6.07) is 7.36. The predicted octanol–water partition coefficient (Wildman–Crippen LogP) is 2.69. The molecule has 1 heterocycles. The molecule has 1 saturated heterocycles. The highest BCUT2D eigenvalue weighted by Crippen LogP contribution is 2.11. The van der Waals surface area contributed by atoms with Crippen LogP contribution in [-0.4, -0.2) is 23.7 Å². The molecule has 4 heteroatoms. The zero-order valence-corrected chi connectivity index (χ0v) is 9.65.